The van der Waals surface area contributed by atoms with Crippen LogP contribution in [0.1, 0.15) is 25.3 Å². The summed E-state index contributed by atoms with van der Waals surface area (Å²) in [6, 6.07) is 14.5. The summed E-state index contributed by atoms with van der Waals surface area (Å²) < 4.78 is 29.0. The fourth-order valence-corrected chi connectivity index (χ4v) is 1.57. The third kappa shape index (κ3) is 6.83. The normalized spacial score (nSPS) is 9.75. The van der Waals surface area contributed by atoms with Crippen molar-refractivity contribution in [2.24, 2.45) is 0 Å². The molecular formula is C15H16F3IrN. The Labute approximate surface area is 130 Å². The molecule has 2 aromatic rings. The van der Waals surface area contributed by atoms with Gasteiger partial charge in [-0.25, -0.2) is 0 Å². The van der Waals surface area contributed by atoms with Crippen molar-refractivity contribution < 1.29 is 33.3 Å². The number of rotatable bonds is 2. The third-order valence-corrected chi connectivity index (χ3v) is 2.52. The molecule has 0 bridgehead atoms. The van der Waals surface area contributed by atoms with Crippen molar-refractivity contribution in [1.29, 1.82) is 0 Å². The van der Waals surface area contributed by atoms with Crippen LogP contribution in [0.25, 0.3) is 11.3 Å². The predicted molar refractivity (Wildman–Crippen MR) is 70.9 cm³/mol. The number of halogens is 3. The molecule has 1 radical (unpaired) electrons. The number of benzene rings is 1. The molecule has 0 saturated heterocycles. The Hall–Kier alpha value is -1.19. The molecule has 0 spiro atoms. The number of alkyl halides is 3. The van der Waals surface area contributed by atoms with Crippen molar-refractivity contribution >= 4 is 0 Å². The van der Waals surface area contributed by atoms with Gasteiger partial charge < -0.3 is 0 Å². The Bertz CT molecular complexity index is 487. The largest absolute Gasteiger partial charge is 0.379 e. The molecule has 0 atom stereocenters. The Morgan fingerprint density at radius 3 is 2.00 bits per heavy atom. The van der Waals surface area contributed by atoms with Gasteiger partial charge in [0.1, 0.15) is 0 Å². The van der Waals surface area contributed by atoms with Gasteiger partial charge in [0, 0.05) is 31.9 Å². The van der Waals surface area contributed by atoms with Crippen LogP contribution in [0.5, 0.6) is 0 Å². The summed E-state index contributed by atoms with van der Waals surface area (Å²) in [5.41, 5.74) is 3.57. The molecule has 0 amide bonds. The zero-order valence-corrected chi connectivity index (χ0v) is 13.6. The van der Waals surface area contributed by atoms with Gasteiger partial charge in [-0.15, -0.1) is 0 Å². The van der Waals surface area contributed by atoms with Gasteiger partial charge in [0.05, 0.1) is 5.69 Å². The maximum Gasteiger partial charge on any atom is 0.379 e. The molecule has 0 fully saturated rings. The molecular weight excluding hydrogens is 443 g/mol. The van der Waals surface area contributed by atoms with Gasteiger partial charge in [-0.3, -0.25) is 4.98 Å². The summed E-state index contributed by atoms with van der Waals surface area (Å²) in [5.74, 6) is 0.551. The summed E-state index contributed by atoms with van der Waals surface area (Å²) >= 11 is 0. The molecule has 2 rings (SSSR count). The van der Waals surface area contributed by atoms with E-state index in [0.29, 0.717) is 5.92 Å². The molecule has 1 nitrogen and oxygen atoms in total. The summed E-state index contributed by atoms with van der Waals surface area (Å²) in [4.78, 5) is 4.39. The van der Waals surface area contributed by atoms with Crippen LogP contribution >= 0.6 is 0 Å². The Morgan fingerprint density at radius 1 is 0.950 bits per heavy atom. The molecule has 0 aliphatic heterocycles. The van der Waals surface area contributed by atoms with Crippen LogP contribution in [-0.2, 0) is 20.1 Å². The average Bonchev–Trinajstić information content (AvgIpc) is 2.39. The molecule has 0 aliphatic carbocycles. The number of aromatic nitrogens is 1. The van der Waals surface area contributed by atoms with E-state index in [2.05, 4.69) is 43.1 Å². The topological polar surface area (TPSA) is 12.9 Å². The maximum atomic E-state index is 9.67. The third-order valence-electron chi connectivity index (χ3n) is 2.52. The van der Waals surface area contributed by atoms with Crippen molar-refractivity contribution in [2.45, 2.75) is 26.4 Å². The smallest absolute Gasteiger partial charge is 0.256 e. The van der Waals surface area contributed by atoms with Gasteiger partial charge in [-0.05, 0) is 23.6 Å². The molecule has 1 aromatic heterocycles. The van der Waals surface area contributed by atoms with E-state index < -0.39 is 6.68 Å². The fraction of sp³-hybridized carbons (Fsp3) is 0.267. The summed E-state index contributed by atoms with van der Waals surface area (Å²) in [7, 11) is 0. The van der Waals surface area contributed by atoms with Crippen molar-refractivity contribution in [3.05, 3.63) is 54.2 Å². The quantitative estimate of drug-likeness (QED) is 0.613. The van der Waals surface area contributed by atoms with E-state index in [9.17, 15) is 13.2 Å². The molecule has 0 unspecified atom stereocenters. The molecule has 0 aliphatic rings. The van der Waals surface area contributed by atoms with E-state index in [1.807, 2.05) is 24.4 Å². The SMILES string of the molecule is CC(C)c1ccnc(-c2ccccc2)c1.FC(F)F.[Ir]. The van der Waals surface area contributed by atoms with Gasteiger partial charge in [0.15, 0.2) is 0 Å². The molecule has 111 valence electrons. The summed E-state index contributed by atoms with van der Waals surface area (Å²) in [5, 5.41) is 0. The van der Waals surface area contributed by atoms with Crippen LogP contribution in [0.2, 0.25) is 0 Å². The van der Waals surface area contributed by atoms with E-state index >= 15 is 0 Å². The summed E-state index contributed by atoms with van der Waals surface area (Å²) in [6.45, 7) is 0.730. The Balaban J connectivity index is 0.000000644. The molecule has 20 heavy (non-hydrogen) atoms. The molecule has 1 heterocycles. The van der Waals surface area contributed by atoms with Crippen LogP contribution in [0, 0.1) is 0 Å². The van der Waals surface area contributed by atoms with E-state index in [0.717, 1.165) is 5.69 Å². The maximum absolute atomic E-state index is 9.67. The van der Waals surface area contributed by atoms with Crippen LogP contribution < -0.4 is 0 Å². The van der Waals surface area contributed by atoms with E-state index in [-0.39, 0.29) is 20.1 Å². The number of hydrogen-bond donors (Lipinski definition) is 0. The molecule has 5 heteroatoms. The van der Waals surface area contributed by atoms with Crippen molar-refractivity contribution in [1.82, 2.24) is 4.98 Å². The van der Waals surface area contributed by atoms with Gasteiger partial charge in [-0.1, -0.05) is 44.2 Å². The predicted octanol–water partition coefficient (Wildman–Crippen LogP) is 5.05. The second-order valence-corrected chi connectivity index (χ2v) is 4.24. The fourth-order valence-electron chi connectivity index (χ4n) is 1.57. The van der Waals surface area contributed by atoms with E-state index in [1.165, 1.54) is 11.1 Å². The van der Waals surface area contributed by atoms with Crippen LogP contribution in [0.15, 0.2) is 48.7 Å². The Kier molecular flexibility index (Phi) is 9.10. The molecule has 0 N–H and O–H groups in total. The number of hydrogen-bond acceptors (Lipinski definition) is 1. The zero-order valence-electron chi connectivity index (χ0n) is 11.2. The minimum Gasteiger partial charge on any atom is -0.256 e. The first-order valence-corrected chi connectivity index (χ1v) is 5.94. The van der Waals surface area contributed by atoms with Crippen molar-refractivity contribution in [3.63, 3.8) is 0 Å². The molecule has 1 aromatic carbocycles. The molecule has 0 saturated carbocycles. The van der Waals surface area contributed by atoms with Crippen LogP contribution in [0.3, 0.4) is 0 Å². The monoisotopic (exact) mass is 460 g/mol. The van der Waals surface area contributed by atoms with Crippen LogP contribution in [-0.4, -0.2) is 11.7 Å². The second-order valence-electron chi connectivity index (χ2n) is 4.24. The standard InChI is InChI=1S/C14H15N.CHF3.Ir/c1-11(2)13-8-9-15-14(10-13)12-6-4-3-5-7-12;2-1(3)4;/h3-11H,1-2H3;1H;. The minimum absolute atomic E-state index is 0. The van der Waals surface area contributed by atoms with Crippen molar-refractivity contribution in [2.75, 3.05) is 0 Å². The number of pyridine rings is 1. The average molecular weight is 460 g/mol. The first kappa shape index (κ1) is 18.8. The summed E-state index contributed by atoms with van der Waals surface area (Å²) in [6.07, 6.45) is 1.89. The van der Waals surface area contributed by atoms with Crippen molar-refractivity contribution in [3.8, 4) is 11.3 Å². The zero-order chi connectivity index (χ0) is 14.3. The van der Waals surface area contributed by atoms with Gasteiger partial charge >= 0.3 is 6.68 Å². The van der Waals surface area contributed by atoms with Crippen LogP contribution in [0.4, 0.5) is 13.2 Å². The van der Waals surface area contributed by atoms with Gasteiger partial charge in [0.25, 0.3) is 0 Å². The van der Waals surface area contributed by atoms with Gasteiger partial charge in [0.2, 0.25) is 0 Å². The first-order valence-electron chi connectivity index (χ1n) is 5.94. The Morgan fingerprint density at radius 2 is 1.50 bits per heavy atom. The van der Waals surface area contributed by atoms with Gasteiger partial charge in [-0.2, -0.15) is 13.2 Å². The number of nitrogens with zero attached hydrogens (tertiary/aromatic N) is 1. The minimum atomic E-state index is -3.67. The van der Waals surface area contributed by atoms with E-state index in [1.54, 1.807) is 0 Å². The second kappa shape index (κ2) is 9.67. The van der Waals surface area contributed by atoms with E-state index in [4.69, 9.17) is 0 Å². The first-order chi connectivity index (χ1) is 9.00.